The maximum Gasteiger partial charge on any atom is 0.251 e. The molecule has 0 atom stereocenters. The van der Waals surface area contributed by atoms with Crippen molar-refractivity contribution in [1.82, 2.24) is 5.32 Å². The fraction of sp³-hybridized carbons (Fsp3) is 0.891. The Morgan fingerprint density at radius 1 is 0.329 bits per heavy atom. The third kappa shape index (κ3) is 43.6. The second-order valence-corrected chi connectivity index (χ2v) is 21.5. The molecule has 0 radical (unpaired) electrons. The smallest absolute Gasteiger partial charge is 0.251 e. The van der Waals surface area contributed by atoms with Gasteiger partial charge in [0, 0.05) is 19.2 Å². The van der Waals surface area contributed by atoms with E-state index in [1.807, 2.05) is 12.1 Å². The summed E-state index contributed by atoms with van der Waals surface area (Å²) in [5, 5.41) is 3.01. The summed E-state index contributed by atoms with van der Waals surface area (Å²) in [7, 11) is 1.66. The second-order valence-electron chi connectivity index (χ2n) is 21.5. The van der Waals surface area contributed by atoms with Crippen LogP contribution < -0.4 is 19.5 Å². The van der Waals surface area contributed by atoms with Crippen molar-refractivity contribution in [1.29, 1.82) is 0 Å². The van der Waals surface area contributed by atoms with E-state index in [4.69, 9.17) is 18.9 Å². The van der Waals surface area contributed by atoms with Gasteiger partial charge >= 0.3 is 0 Å². The molecular formula is C64H121NO5. The third-order valence-corrected chi connectivity index (χ3v) is 14.6. The molecule has 0 aliphatic rings. The van der Waals surface area contributed by atoms with Gasteiger partial charge in [0.15, 0.2) is 11.5 Å². The summed E-state index contributed by atoms with van der Waals surface area (Å²) in [6.07, 6.45) is 64.6. The standard InChI is InChI=1S/C64H121NO5/c1-5-8-11-14-17-20-23-26-29-32-35-38-41-44-47-50-54-68-61-58-60(64(66)65-53-57-67-4)59-62(69-55-51-48-45-42-39-36-33-30-27-24-21-18-15-12-9-6-2)63(61)70-56-52-49-46-43-40-37-34-31-28-25-22-19-16-13-10-7-3/h58-59H,5-57H2,1-4H3,(H,65,66). The molecule has 412 valence electrons. The minimum absolute atomic E-state index is 0.138. The van der Waals surface area contributed by atoms with Crippen LogP contribution in [0.15, 0.2) is 12.1 Å². The molecule has 0 saturated heterocycles. The lowest BCUT2D eigenvalue weighted by molar-refractivity contribution is 0.0935. The van der Waals surface area contributed by atoms with Crippen LogP contribution in [0.1, 0.15) is 339 Å². The lowest BCUT2D eigenvalue weighted by Gasteiger charge is -2.19. The monoisotopic (exact) mass is 984 g/mol. The average Bonchev–Trinajstić information content (AvgIpc) is 3.37. The first-order chi connectivity index (χ1) is 34.7. The highest BCUT2D eigenvalue weighted by molar-refractivity contribution is 5.95. The number of carbonyl (C=O) groups is 1. The van der Waals surface area contributed by atoms with Crippen LogP contribution in [0, 0.1) is 0 Å². The molecule has 0 spiro atoms. The number of carbonyl (C=O) groups excluding carboxylic acids is 1. The first kappa shape index (κ1) is 66.1. The van der Waals surface area contributed by atoms with E-state index < -0.39 is 0 Å². The molecule has 1 rings (SSSR count). The summed E-state index contributed by atoms with van der Waals surface area (Å²) < 4.78 is 24.9. The molecule has 0 bridgehead atoms. The zero-order valence-corrected chi connectivity index (χ0v) is 47.7. The summed E-state index contributed by atoms with van der Waals surface area (Å²) in [5.74, 6) is 1.81. The van der Waals surface area contributed by atoms with E-state index >= 15 is 0 Å². The van der Waals surface area contributed by atoms with Crippen molar-refractivity contribution in [2.24, 2.45) is 0 Å². The molecule has 70 heavy (non-hydrogen) atoms. The number of hydrogen-bond donors (Lipinski definition) is 1. The second kappa shape index (κ2) is 54.8. The van der Waals surface area contributed by atoms with Crippen molar-refractivity contribution in [2.45, 2.75) is 329 Å². The fourth-order valence-electron chi connectivity index (χ4n) is 9.92. The Morgan fingerprint density at radius 2 is 0.557 bits per heavy atom. The largest absolute Gasteiger partial charge is 0.490 e. The highest BCUT2D eigenvalue weighted by Gasteiger charge is 2.19. The predicted molar refractivity (Wildman–Crippen MR) is 306 cm³/mol. The van der Waals surface area contributed by atoms with Gasteiger partial charge in [0.1, 0.15) is 0 Å². The van der Waals surface area contributed by atoms with E-state index in [2.05, 4.69) is 26.1 Å². The van der Waals surface area contributed by atoms with Crippen LogP contribution in [0.25, 0.3) is 0 Å². The van der Waals surface area contributed by atoms with Crippen molar-refractivity contribution in [3.8, 4) is 17.2 Å². The molecule has 1 aromatic rings. The Bertz CT molecular complexity index is 1150. The highest BCUT2D eigenvalue weighted by Crippen LogP contribution is 2.40. The molecule has 6 heteroatoms. The highest BCUT2D eigenvalue weighted by atomic mass is 16.5. The summed E-state index contributed by atoms with van der Waals surface area (Å²) in [4.78, 5) is 13.4. The van der Waals surface area contributed by atoms with Gasteiger partial charge in [-0.1, -0.05) is 310 Å². The number of benzene rings is 1. The van der Waals surface area contributed by atoms with Gasteiger partial charge in [0.05, 0.1) is 26.4 Å². The Labute approximate surface area is 437 Å². The summed E-state index contributed by atoms with van der Waals surface area (Å²) in [6.45, 7) is 9.67. The maximum absolute atomic E-state index is 13.4. The molecule has 6 nitrogen and oxygen atoms in total. The Kier molecular flexibility index (Phi) is 51.7. The van der Waals surface area contributed by atoms with E-state index in [1.165, 1.54) is 276 Å². The molecule has 0 aliphatic heterocycles. The molecule has 0 unspecified atom stereocenters. The molecule has 0 heterocycles. The number of unbranched alkanes of at least 4 members (excludes halogenated alkanes) is 45. The number of nitrogens with one attached hydrogen (secondary N) is 1. The predicted octanol–water partition coefficient (Wildman–Crippen LogP) is 21.0. The molecule has 1 aromatic carbocycles. The SMILES string of the molecule is CCCCCCCCCCCCCCCCCCOc1cc(C(=O)NCCOC)cc(OCCCCCCCCCCCCCCCCCC)c1OCCCCCCCCCCCCCCCCCC. The summed E-state index contributed by atoms with van der Waals surface area (Å²) in [6, 6.07) is 3.75. The van der Waals surface area contributed by atoms with Gasteiger partial charge in [-0.25, -0.2) is 0 Å². The molecule has 1 amide bonds. The summed E-state index contributed by atoms with van der Waals surface area (Å²) in [5.41, 5.74) is 0.551. The van der Waals surface area contributed by atoms with Crippen LogP contribution in [-0.2, 0) is 4.74 Å². The Hall–Kier alpha value is -1.95. The molecule has 0 fully saturated rings. The van der Waals surface area contributed by atoms with E-state index in [1.54, 1.807) is 7.11 Å². The number of hydrogen-bond acceptors (Lipinski definition) is 5. The van der Waals surface area contributed by atoms with E-state index in [9.17, 15) is 4.79 Å². The van der Waals surface area contributed by atoms with E-state index in [0.717, 1.165) is 32.1 Å². The number of amides is 1. The molecular weight excluding hydrogens is 863 g/mol. The number of rotatable bonds is 58. The third-order valence-electron chi connectivity index (χ3n) is 14.6. The maximum atomic E-state index is 13.4. The topological polar surface area (TPSA) is 66.0 Å². The van der Waals surface area contributed by atoms with E-state index in [0.29, 0.717) is 55.8 Å². The lowest BCUT2D eigenvalue weighted by atomic mass is 10.0. The zero-order chi connectivity index (χ0) is 50.3. The van der Waals surface area contributed by atoms with Crippen LogP contribution in [0.2, 0.25) is 0 Å². The molecule has 1 N–H and O–H groups in total. The Morgan fingerprint density at radius 3 is 0.800 bits per heavy atom. The normalized spacial score (nSPS) is 11.4. The Balaban J connectivity index is 2.63. The van der Waals surface area contributed by atoms with Crippen molar-refractivity contribution in [3.63, 3.8) is 0 Å². The minimum atomic E-state index is -0.138. The van der Waals surface area contributed by atoms with Gasteiger partial charge in [-0.05, 0) is 31.4 Å². The van der Waals surface area contributed by atoms with Crippen LogP contribution in [0.4, 0.5) is 0 Å². The van der Waals surface area contributed by atoms with Crippen molar-refractivity contribution in [2.75, 3.05) is 40.1 Å². The van der Waals surface area contributed by atoms with Crippen molar-refractivity contribution < 1.29 is 23.7 Å². The summed E-state index contributed by atoms with van der Waals surface area (Å²) >= 11 is 0. The van der Waals surface area contributed by atoms with Gasteiger partial charge in [0.25, 0.3) is 5.91 Å². The minimum Gasteiger partial charge on any atom is -0.490 e. The molecule has 0 aromatic heterocycles. The number of methoxy groups -OCH3 is 1. The van der Waals surface area contributed by atoms with Gasteiger partial charge in [-0.3, -0.25) is 4.79 Å². The van der Waals surface area contributed by atoms with Crippen molar-refractivity contribution >= 4 is 5.91 Å². The van der Waals surface area contributed by atoms with Gasteiger partial charge in [0.2, 0.25) is 5.75 Å². The quantitative estimate of drug-likeness (QED) is 0.0659. The van der Waals surface area contributed by atoms with Crippen LogP contribution in [-0.4, -0.2) is 46.0 Å². The average molecular weight is 985 g/mol. The van der Waals surface area contributed by atoms with E-state index in [-0.39, 0.29) is 5.91 Å². The van der Waals surface area contributed by atoms with Crippen LogP contribution in [0.5, 0.6) is 17.2 Å². The van der Waals surface area contributed by atoms with Crippen LogP contribution in [0.3, 0.4) is 0 Å². The lowest BCUT2D eigenvalue weighted by Crippen LogP contribution is -2.27. The van der Waals surface area contributed by atoms with Gasteiger partial charge < -0.3 is 24.3 Å². The fourth-order valence-corrected chi connectivity index (χ4v) is 9.92. The first-order valence-electron chi connectivity index (χ1n) is 31.5. The molecule has 0 saturated carbocycles. The van der Waals surface area contributed by atoms with Gasteiger partial charge in [-0.2, -0.15) is 0 Å². The number of ether oxygens (including phenoxy) is 4. The van der Waals surface area contributed by atoms with Crippen LogP contribution >= 0.6 is 0 Å². The van der Waals surface area contributed by atoms with Crippen molar-refractivity contribution in [3.05, 3.63) is 17.7 Å². The zero-order valence-electron chi connectivity index (χ0n) is 47.7. The van der Waals surface area contributed by atoms with Gasteiger partial charge in [-0.15, -0.1) is 0 Å². The molecule has 0 aliphatic carbocycles. The first-order valence-corrected chi connectivity index (χ1v) is 31.5.